The van der Waals surface area contributed by atoms with Gasteiger partial charge in [-0.3, -0.25) is 0 Å². The molecule has 0 fully saturated rings. The van der Waals surface area contributed by atoms with Crippen LogP contribution in [0.3, 0.4) is 0 Å². The fourth-order valence-corrected chi connectivity index (χ4v) is 2.67. The van der Waals surface area contributed by atoms with Gasteiger partial charge in [-0.1, -0.05) is 35.9 Å². The highest BCUT2D eigenvalue weighted by Gasteiger charge is 2.37. The SMILES string of the molecule is C=CCc1c(Nc2ccccc2)nc(-c2ccc(Cl)cc2)nc1C(F)(F)F. The Morgan fingerprint density at radius 1 is 1.00 bits per heavy atom. The highest BCUT2D eigenvalue weighted by Crippen LogP contribution is 2.36. The largest absolute Gasteiger partial charge is 0.433 e. The Balaban J connectivity index is 2.19. The number of benzene rings is 2. The highest BCUT2D eigenvalue weighted by molar-refractivity contribution is 6.30. The van der Waals surface area contributed by atoms with Crippen LogP contribution in [0, 0.1) is 0 Å². The summed E-state index contributed by atoms with van der Waals surface area (Å²) in [4.78, 5) is 8.15. The zero-order valence-electron chi connectivity index (χ0n) is 14.1. The van der Waals surface area contributed by atoms with Gasteiger partial charge in [0.2, 0.25) is 0 Å². The van der Waals surface area contributed by atoms with Crippen molar-refractivity contribution in [1.29, 1.82) is 0 Å². The van der Waals surface area contributed by atoms with E-state index in [1.807, 2.05) is 6.07 Å². The normalized spacial score (nSPS) is 11.3. The van der Waals surface area contributed by atoms with Crippen molar-refractivity contribution in [3.05, 3.63) is 83.5 Å². The molecule has 0 saturated carbocycles. The third-order valence-electron chi connectivity index (χ3n) is 3.76. The van der Waals surface area contributed by atoms with Crippen molar-refractivity contribution in [2.24, 2.45) is 0 Å². The van der Waals surface area contributed by atoms with Crippen LogP contribution < -0.4 is 5.32 Å². The monoisotopic (exact) mass is 389 g/mol. The van der Waals surface area contributed by atoms with Gasteiger partial charge in [-0.15, -0.1) is 6.58 Å². The lowest BCUT2D eigenvalue weighted by molar-refractivity contribution is -0.141. The summed E-state index contributed by atoms with van der Waals surface area (Å²) in [5, 5.41) is 3.44. The summed E-state index contributed by atoms with van der Waals surface area (Å²) < 4.78 is 41.0. The summed E-state index contributed by atoms with van der Waals surface area (Å²) >= 11 is 5.86. The summed E-state index contributed by atoms with van der Waals surface area (Å²) in [7, 11) is 0. The number of halogens is 4. The van der Waals surface area contributed by atoms with Gasteiger partial charge in [0.05, 0.1) is 0 Å². The number of para-hydroxylation sites is 1. The Bertz CT molecular complexity index is 939. The van der Waals surface area contributed by atoms with E-state index in [1.165, 1.54) is 6.08 Å². The molecule has 0 spiro atoms. The number of alkyl halides is 3. The minimum atomic E-state index is -4.63. The van der Waals surface area contributed by atoms with Crippen molar-refractivity contribution >= 4 is 23.1 Å². The van der Waals surface area contributed by atoms with E-state index in [2.05, 4.69) is 21.9 Å². The van der Waals surface area contributed by atoms with Gasteiger partial charge >= 0.3 is 6.18 Å². The molecule has 0 radical (unpaired) electrons. The van der Waals surface area contributed by atoms with Crippen LogP contribution >= 0.6 is 11.6 Å². The van der Waals surface area contributed by atoms with Crippen LogP contribution in [0.25, 0.3) is 11.4 Å². The molecule has 0 aliphatic carbocycles. The molecular weight excluding hydrogens is 375 g/mol. The fraction of sp³-hybridized carbons (Fsp3) is 0.100. The topological polar surface area (TPSA) is 37.8 Å². The molecule has 3 rings (SSSR count). The quantitative estimate of drug-likeness (QED) is 0.521. The van der Waals surface area contributed by atoms with Gasteiger partial charge in [-0.25, -0.2) is 9.97 Å². The predicted octanol–water partition coefficient (Wildman–Crippen LogP) is 6.29. The zero-order valence-corrected chi connectivity index (χ0v) is 14.8. The van der Waals surface area contributed by atoms with Gasteiger partial charge < -0.3 is 5.32 Å². The first-order valence-corrected chi connectivity index (χ1v) is 8.43. The smallest absolute Gasteiger partial charge is 0.340 e. The van der Waals surface area contributed by atoms with Gasteiger partial charge in [0.15, 0.2) is 11.5 Å². The van der Waals surface area contributed by atoms with E-state index < -0.39 is 11.9 Å². The van der Waals surface area contributed by atoms with E-state index in [-0.39, 0.29) is 23.6 Å². The van der Waals surface area contributed by atoms with Gasteiger partial charge in [0.1, 0.15) is 5.82 Å². The van der Waals surface area contributed by atoms with E-state index in [9.17, 15) is 13.2 Å². The Labute approximate surface area is 159 Å². The summed E-state index contributed by atoms with van der Waals surface area (Å²) in [5.74, 6) is 0.0543. The molecule has 2 aromatic carbocycles. The predicted molar refractivity (Wildman–Crippen MR) is 101 cm³/mol. The molecule has 0 unspecified atom stereocenters. The minimum absolute atomic E-state index is 0.0229. The molecular formula is C20H15ClF3N3. The second-order valence-electron chi connectivity index (χ2n) is 5.71. The molecule has 7 heteroatoms. The van der Waals surface area contributed by atoms with E-state index in [1.54, 1.807) is 48.5 Å². The van der Waals surface area contributed by atoms with Gasteiger partial charge in [-0.05, 0) is 42.8 Å². The maximum atomic E-state index is 13.7. The second kappa shape index (κ2) is 7.80. The molecule has 27 heavy (non-hydrogen) atoms. The first kappa shape index (κ1) is 18.9. The van der Waals surface area contributed by atoms with Crippen LogP contribution in [0.15, 0.2) is 67.3 Å². The molecule has 0 saturated heterocycles. The van der Waals surface area contributed by atoms with Crippen molar-refractivity contribution in [2.45, 2.75) is 12.6 Å². The lowest BCUT2D eigenvalue weighted by Gasteiger charge is -2.17. The van der Waals surface area contributed by atoms with Gasteiger partial charge in [-0.2, -0.15) is 13.2 Å². The maximum Gasteiger partial charge on any atom is 0.433 e. The lowest BCUT2D eigenvalue weighted by Crippen LogP contribution is -2.16. The molecule has 0 amide bonds. The van der Waals surface area contributed by atoms with E-state index in [0.717, 1.165) is 0 Å². The van der Waals surface area contributed by atoms with Crippen LogP contribution in [0.4, 0.5) is 24.7 Å². The first-order valence-electron chi connectivity index (χ1n) is 8.05. The summed E-state index contributed by atoms with van der Waals surface area (Å²) in [5.41, 5.74) is 0.0164. The van der Waals surface area contributed by atoms with Gasteiger partial charge in [0, 0.05) is 21.8 Å². The molecule has 0 aliphatic rings. The number of hydrogen-bond acceptors (Lipinski definition) is 3. The average Bonchev–Trinajstić information content (AvgIpc) is 2.64. The van der Waals surface area contributed by atoms with E-state index >= 15 is 0 Å². The van der Waals surface area contributed by atoms with Crippen molar-refractivity contribution < 1.29 is 13.2 Å². The number of aromatic nitrogens is 2. The molecule has 1 heterocycles. The molecule has 0 atom stereocenters. The van der Waals surface area contributed by atoms with E-state index in [4.69, 9.17) is 11.6 Å². The number of hydrogen-bond donors (Lipinski definition) is 1. The standard InChI is InChI=1S/C20H15ClF3N3/c1-2-6-16-17(20(22,23)24)26-18(13-9-11-14(21)12-10-13)27-19(16)25-15-7-4-3-5-8-15/h2-5,7-12H,1,6H2,(H,25,26,27). The van der Waals surface area contributed by atoms with Crippen molar-refractivity contribution in [1.82, 2.24) is 9.97 Å². The van der Waals surface area contributed by atoms with Crippen molar-refractivity contribution in [3.8, 4) is 11.4 Å². The Morgan fingerprint density at radius 2 is 1.67 bits per heavy atom. The number of anilines is 2. The second-order valence-corrected chi connectivity index (χ2v) is 6.15. The highest BCUT2D eigenvalue weighted by atomic mass is 35.5. The number of rotatable bonds is 5. The molecule has 1 aromatic heterocycles. The molecule has 3 nitrogen and oxygen atoms in total. The minimum Gasteiger partial charge on any atom is -0.340 e. The molecule has 3 aromatic rings. The van der Waals surface area contributed by atoms with Crippen LogP contribution in [0.1, 0.15) is 11.3 Å². The number of allylic oxidation sites excluding steroid dienone is 1. The first-order chi connectivity index (χ1) is 12.9. The number of nitrogens with zero attached hydrogens (tertiary/aromatic N) is 2. The van der Waals surface area contributed by atoms with Gasteiger partial charge in [0.25, 0.3) is 0 Å². The fourth-order valence-electron chi connectivity index (χ4n) is 2.55. The van der Waals surface area contributed by atoms with Crippen LogP contribution in [-0.4, -0.2) is 9.97 Å². The lowest BCUT2D eigenvalue weighted by atomic mass is 10.1. The maximum absolute atomic E-state index is 13.7. The molecule has 0 bridgehead atoms. The van der Waals surface area contributed by atoms with Crippen LogP contribution in [0.5, 0.6) is 0 Å². The molecule has 0 aliphatic heterocycles. The Kier molecular flexibility index (Phi) is 5.46. The average molecular weight is 390 g/mol. The summed E-state index contributed by atoms with van der Waals surface area (Å²) in [6.07, 6.45) is -3.26. The molecule has 138 valence electrons. The third-order valence-corrected chi connectivity index (χ3v) is 4.02. The summed E-state index contributed by atoms with van der Waals surface area (Å²) in [6.45, 7) is 3.55. The van der Waals surface area contributed by atoms with Crippen LogP contribution in [-0.2, 0) is 12.6 Å². The Morgan fingerprint density at radius 3 is 2.26 bits per heavy atom. The van der Waals surface area contributed by atoms with Crippen molar-refractivity contribution in [2.75, 3.05) is 5.32 Å². The number of nitrogens with one attached hydrogen (secondary N) is 1. The van der Waals surface area contributed by atoms with Crippen LogP contribution in [0.2, 0.25) is 5.02 Å². The third kappa shape index (κ3) is 4.46. The Hall–Kier alpha value is -2.86. The molecule has 1 N–H and O–H groups in total. The zero-order chi connectivity index (χ0) is 19.4. The summed E-state index contributed by atoms with van der Waals surface area (Å²) in [6, 6.07) is 15.2. The van der Waals surface area contributed by atoms with Crippen molar-refractivity contribution in [3.63, 3.8) is 0 Å². The van der Waals surface area contributed by atoms with E-state index in [0.29, 0.717) is 16.3 Å².